The van der Waals surface area contributed by atoms with Crippen molar-refractivity contribution in [2.24, 2.45) is 12.0 Å². The molecule has 6 heteroatoms. The van der Waals surface area contributed by atoms with Crippen molar-refractivity contribution in [1.29, 1.82) is 0 Å². The minimum Gasteiger partial charge on any atom is -0.357 e. The summed E-state index contributed by atoms with van der Waals surface area (Å²) in [4.78, 5) is 7.19. The van der Waals surface area contributed by atoms with E-state index in [0.29, 0.717) is 4.75 Å². The highest BCUT2D eigenvalue weighted by molar-refractivity contribution is 14.0. The molecule has 1 aromatic rings. The van der Waals surface area contributed by atoms with Crippen molar-refractivity contribution < 1.29 is 0 Å². The molecule has 1 aromatic heterocycles. The predicted octanol–water partition coefficient (Wildman–Crippen LogP) is 2.94. The molecule has 120 valence electrons. The van der Waals surface area contributed by atoms with Crippen molar-refractivity contribution in [3.05, 3.63) is 24.0 Å². The molecule has 1 aliphatic heterocycles. The summed E-state index contributed by atoms with van der Waals surface area (Å²) in [5.41, 5.74) is 1.26. The number of rotatable bonds is 3. The number of hydrogen-bond donors (Lipinski definition) is 1. The van der Waals surface area contributed by atoms with Gasteiger partial charge in [0.05, 0.1) is 6.54 Å². The highest BCUT2D eigenvalue weighted by Crippen LogP contribution is 2.29. The molecule has 1 aliphatic rings. The molecule has 0 radical (unpaired) electrons. The van der Waals surface area contributed by atoms with Gasteiger partial charge in [0.15, 0.2) is 5.96 Å². The maximum Gasteiger partial charge on any atom is 0.194 e. The van der Waals surface area contributed by atoms with Crippen LogP contribution in [-0.2, 0) is 13.6 Å². The summed E-state index contributed by atoms with van der Waals surface area (Å²) in [7, 11) is 2.04. The summed E-state index contributed by atoms with van der Waals surface area (Å²) < 4.78 is 2.37. The van der Waals surface area contributed by atoms with Crippen molar-refractivity contribution in [2.45, 2.75) is 32.1 Å². The van der Waals surface area contributed by atoms with Gasteiger partial charge in [0, 0.05) is 49.6 Å². The third kappa shape index (κ3) is 5.73. The molecule has 21 heavy (non-hydrogen) atoms. The molecule has 4 nitrogen and oxygen atoms in total. The first-order valence-electron chi connectivity index (χ1n) is 7.28. The molecule has 0 atom stereocenters. The van der Waals surface area contributed by atoms with Crippen LogP contribution in [-0.4, -0.2) is 45.6 Å². The molecule has 0 bridgehead atoms. The fourth-order valence-electron chi connectivity index (χ4n) is 2.44. The third-order valence-corrected chi connectivity index (χ3v) is 4.66. The Balaban J connectivity index is 0.00000220. The summed E-state index contributed by atoms with van der Waals surface area (Å²) in [5.74, 6) is 2.22. The fraction of sp³-hybridized carbons (Fsp3) is 0.667. The van der Waals surface area contributed by atoms with Gasteiger partial charge in [-0.1, -0.05) is 0 Å². The van der Waals surface area contributed by atoms with Crippen LogP contribution in [0, 0.1) is 0 Å². The van der Waals surface area contributed by atoms with E-state index in [0.717, 1.165) is 32.1 Å². The van der Waals surface area contributed by atoms with Crippen LogP contribution in [0.5, 0.6) is 0 Å². The van der Waals surface area contributed by atoms with Gasteiger partial charge in [-0.15, -0.1) is 24.0 Å². The van der Waals surface area contributed by atoms with Gasteiger partial charge in [-0.3, -0.25) is 0 Å². The predicted molar refractivity (Wildman–Crippen MR) is 104 cm³/mol. The molecule has 0 saturated carbocycles. The van der Waals surface area contributed by atoms with Crippen LogP contribution in [0.25, 0.3) is 0 Å². The van der Waals surface area contributed by atoms with Crippen LogP contribution in [0.3, 0.4) is 0 Å². The highest BCUT2D eigenvalue weighted by Gasteiger charge is 2.28. The molecule has 1 fully saturated rings. The monoisotopic (exact) mass is 422 g/mol. The number of aromatic nitrogens is 1. The number of halogens is 1. The zero-order valence-electron chi connectivity index (χ0n) is 13.4. The Kier molecular flexibility index (Phi) is 7.39. The first-order chi connectivity index (χ1) is 9.50. The Hall–Kier alpha value is -0.370. The van der Waals surface area contributed by atoms with Crippen LogP contribution in [0.15, 0.2) is 23.5 Å². The maximum atomic E-state index is 4.80. The van der Waals surface area contributed by atoms with Crippen molar-refractivity contribution >= 4 is 41.7 Å². The fourth-order valence-corrected chi connectivity index (χ4v) is 3.56. The number of nitrogens with one attached hydrogen (secondary N) is 1. The smallest absolute Gasteiger partial charge is 0.194 e. The van der Waals surface area contributed by atoms with Gasteiger partial charge in [0.25, 0.3) is 0 Å². The summed E-state index contributed by atoms with van der Waals surface area (Å²) in [6, 6.07) is 2.13. The second kappa shape index (κ2) is 8.31. The molecular formula is C15H27IN4S. The Morgan fingerprint density at radius 2 is 2.24 bits per heavy atom. The molecule has 0 unspecified atom stereocenters. The standard InChI is InChI=1S/C15H26N4S.HI/c1-5-16-14(17-10-13-6-7-18(4)11-13)19-8-9-20-15(2,3)12-19;/h6-7,11H,5,8-10,12H2,1-4H3,(H,16,17);1H. The first kappa shape index (κ1) is 18.7. The molecule has 1 N–H and O–H groups in total. The lowest BCUT2D eigenvalue weighted by molar-refractivity contribution is 0.376. The van der Waals surface area contributed by atoms with E-state index in [9.17, 15) is 0 Å². The van der Waals surface area contributed by atoms with Gasteiger partial charge in [0.2, 0.25) is 0 Å². The van der Waals surface area contributed by atoms with Gasteiger partial charge in [-0.2, -0.15) is 11.8 Å². The molecule has 1 saturated heterocycles. The van der Waals surface area contributed by atoms with Crippen LogP contribution in [0.1, 0.15) is 26.3 Å². The molecular weight excluding hydrogens is 395 g/mol. The minimum atomic E-state index is 0. The van der Waals surface area contributed by atoms with Crippen molar-refractivity contribution in [1.82, 2.24) is 14.8 Å². The lowest BCUT2D eigenvalue weighted by Gasteiger charge is -2.39. The Labute approximate surface area is 149 Å². The third-order valence-electron chi connectivity index (χ3n) is 3.36. The summed E-state index contributed by atoms with van der Waals surface area (Å²) in [6.07, 6.45) is 4.20. The zero-order chi connectivity index (χ0) is 14.6. The average molecular weight is 422 g/mol. The number of nitrogens with zero attached hydrogens (tertiary/aromatic N) is 3. The normalized spacial score (nSPS) is 18.3. The lowest BCUT2D eigenvalue weighted by Crippen LogP contribution is -2.50. The summed E-state index contributed by atoms with van der Waals surface area (Å²) in [5, 5.41) is 3.43. The highest BCUT2D eigenvalue weighted by atomic mass is 127. The zero-order valence-corrected chi connectivity index (χ0v) is 16.6. The average Bonchev–Trinajstić information content (AvgIpc) is 2.79. The van der Waals surface area contributed by atoms with Crippen molar-refractivity contribution in [3.8, 4) is 0 Å². The Morgan fingerprint density at radius 1 is 1.48 bits per heavy atom. The van der Waals surface area contributed by atoms with E-state index in [4.69, 9.17) is 4.99 Å². The number of aryl methyl sites for hydroxylation is 1. The van der Waals surface area contributed by atoms with E-state index in [-0.39, 0.29) is 24.0 Å². The number of hydrogen-bond acceptors (Lipinski definition) is 2. The molecule has 2 heterocycles. The molecule has 2 rings (SSSR count). The quantitative estimate of drug-likeness (QED) is 0.462. The second-order valence-corrected chi connectivity index (χ2v) is 7.69. The van der Waals surface area contributed by atoms with Gasteiger partial charge in [-0.05, 0) is 32.4 Å². The van der Waals surface area contributed by atoms with Crippen molar-refractivity contribution in [3.63, 3.8) is 0 Å². The Morgan fingerprint density at radius 3 is 2.81 bits per heavy atom. The van der Waals surface area contributed by atoms with Crippen LogP contribution in [0.4, 0.5) is 0 Å². The van der Waals surface area contributed by atoms with E-state index < -0.39 is 0 Å². The van der Waals surface area contributed by atoms with Crippen LogP contribution < -0.4 is 5.32 Å². The molecule has 0 spiro atoms. The van der Waals surface area contributed by atoms with E-state index in [1.165, 1.54) is 11.3 Å². The van der Waals surface area contributed by atoms with Crippen molar-refractivity contribution in [2.75, 3.05) is 25.4 Å². The first-order valence-corrected chi connectivity index (χ1v) is 8.27. The van der Waals surface area contributed by atoms with Gasteiger partial charge in [0.1, 0.15) is 0 Å². The SMILES string of the molecule is CCNC(=NCc1ccn(C)c1)N1CCSC(C)(C)C1.I. The van der Waals surface area contributed by atoms with Gasteiger partial charge >= 0.3 is 0 Å². The summed E-state index contributed by atoms with van der Waals surface area (Å²) >= 11 is 2.05. The Bertz CT molecular complexity index is 470. The van der Waals surface area contributed by atoms with Gasteiger partial charge < -0.3 is 14.8 Å². The number of aliphatic imine (C=N–C) groups is 1. The minimum absolute atomic E-state index is 0. The molecule has 0 amide bonds. The number of guanidine groups is 1. The second-order valence-electron chi connectivity index (χ2n) is 5.89. The van der Waals surface area contributed by atoms with E-state index in [1.807, 2.05) is 18.8 Å². The lowest BCUT2D eigenvalue weighted by atomic mass is 10.2. The van der Waals surface area contributed by atoms with E-state index in [1.54, 1.807) is 0 Å². The number of thioether (sulfide) groups is 1. The molecule has 0 aliphatic carbocycles. The van der Waals surface area contributed by atoms with Crippen LogP contribution in [0.2, 0.25) is 0 Å². The maximum absolute atomic E-state index is 4.80. The van der Waals surface area contributed by atoms with Gasteiger partial charge in [-0.25, -0.2) is 4.99 Å². The van der Waals surface area contributed by atoms with E-state index in [2.05, 4.69) is 54.0 Å². The molecule has 0 aromatic carbocycles. The van der Waals surface area contributed by atoms with E-state index >= 15 is 0 Å². The summed E-state index contributed by atoms with van der Waals surface area (Å²) in [6.45, 7) is 10.5. The van der Waals surface area contributed by atoms with Crippen LogP contribution >= 0.6 is 35.7 Å². The topological polar surface area (TPSA) is 32.6 Å². The largest absolute Gasteiger partial charge is 0.357 e.